The molecule has 1 aliphatic carbocycles. The monoisotopic (exact) mass is 224 g/mol. The second kappa shape index (κ2) is 5.17. The van der Waals surface area contributed by atoms with Gasteiger partial charge in [0.1, 0.15) is 0 Å². The summed E-state index contributed by atoms with van der Waals surface area (Å²) in [6.07, 6.45) is 6.69. The van der Waals surface area contributed by atoms with Gasteiger partial charge in [-0.2, -0.15) is 0 Å². The lowest BCUT2D eigenvalue weighted by Crippen LogP contribution is -2.41. The van der Waals surface area contributed by atoms with E-state index >= 15 is 0 Å². The molecule has 92 valence electrons. The fourth-order valence-corrected chi connectivity index (χ4v) is 3.10. The van der Waals surface area contributed by atoms with E-state index in [9.17, 15) is 4.79 Å². The maximum atomic E-state index is 11.8. The molecular weight excluding hydrogens is 200 g/mol. The van der Waals surface area contributed by atoms with E-state index in [-0.39, 0.29) is 0 Å². The molecule has 2 rings (SSSR count). The number of carbonyl (C=O) groups excluding carboxylic acids is 1. The summed E-state index contributed by atoms with van der Waals surface area (Å²) in [4.78, 5) is 13.9. The van der Waals surface area contributed by atoms with Crippen LogP contribution in [0.2, 0.25) is 0 Å². The second-order valence-electron chi connectivity index (χ2n) is 5.37. The number of amides is 1. The summed E-state index contributed by atoms with van der Waals surface area (Å²) in [7, 11) is 0. The first kappa shape index (κ1) is 11.9. The third-order valence-electron chi connectivity index (χ3n) is 4.29. The number of hydrogen-bond donors (Lipinski definition) is 1. The average Bonchev–Trinajstić information content (AvgIpc) is 2.63. The molecule has 0 bridgehead atoms. The highest BCUT2D eigenvalue weighted by Crippen LogP contribution is 2.31. The van der Waals surface area contributed by atoms with Crippen LogP contribution in [0.1, 0.15) is 46.0 Å². The van der Waals surface area contributed by atoms with Crippen molar-refractivity contribution in [1.29, 1.82) is 0 Å². The topological polar surface area (TPSA) is 32.3 Å². The van der Waals surface area contributed by atoms with E-state index in [4.69, 9.17) is 0 Å². The van der Waals surface area contributed by atoms with Crippen LogP contribution < -0.4 is 5.32 Å². The van der Waals surface area contributed by atoms with Crippen LogP contribution in [-0.4, -0.2) is 30.1 Å². The number of nitrogens with one attached hydrogen (secondary N) is 1. The van der Waals surface area contributed by atoms with E-state index in [0.29, 0.717) is 18.6 Å². The van der Waals surface area contributed by atoms with Crippen LogP contribution in [0.3, 0.4) is 0 Å². The fourth-order valence-electron chi connectivity index (χ4n) is 3.10. The van der Waals surface area contributed by atoms with Crippen molar-refractivity contribution in [2.45, 2.75) is 52.1 Å². The first-order valence-corrected chi connectivity index (χ1v) is 6.75. The predicted octanol–water partition coefficient (Wildman–Crippen LogP) is 1.98. The van der Waals surface area contributed by atoms with Crippen molar-refractivity contribution < 1.29 is 4.79 Å². The minimum atomic E-state index is 0.293. The van der Waals surface area contributed by atoms with Crippen molar-refractivity contribution in [2.75, 3.05) is 13.1 Å². The Hall–Kier alpha value is -0.570. The molecule has 1 amide bonds. The van der Waals surface area contributed by atoms with Gasteiger partial charge in [0.15, 0.2) is 0 Å². The van der Waals surface area contributed by atoms with Gasteiger partial charge in [-0.3, -0.25) is 10.1 Å². The van der Waals surface area contributed by atoms with Gasteiger partial charge in [-0.05, 0) is 24.7 Å². The molecule has 1 N–H and O–H groups in total. The van der Waals surface area contributed by atoms with Crippen LogP contribution in [0, 0.1) is 11.8 Å². The van der Waals surface area contributed by atoms with Gasteiger partial charge in [0, 0.05) is 6.54 Å². The van der Waals surface area contributed by atoms with Gasteiger partial charge >= 0.3 is 0 Å². The van der Waals surface area contributed by atoms with Gasteiger partial charge < -0.3 is 4.90 Å². The molecule has 16 heavy (non-hydrogen) atoms. The van der Waals surface area contributed by atoms with Gasteiger partial charge in [-0.1, -0.05) is 33.1 Å². The zero-order valence-electron chi connectivity index (χ0n) is 10.5. The number of nitrogens with zero attached hydrogens (tertiary/aromatic N) is 1. The van der Waals surface area contributed by atoms with E-state index in [1.165, 1.54) is 25.7 Å². The second-order valence-corrected chi connectivity index (χ2v) is 5.37. The fraction of sp³-hybridized carbons (Fsp3) is 0.923. The van der Waals surface area contributed by atoms with Crippen LogP contribution in [0.5, 0.6) is 0 Å². The molecule has 1 saturated carbocycles. The van der Waals surface area contributed by atoms with Gasteiger partial charge in [0.05, 0.1) is 12.7 Å². The van der Waals surface area contributed by atoms with E-state index in [1.54, 1.807) is 0 Å². The van der Waals surface area contributed by atoms with Crippen LogP contribution in [0.4, 0.5) is 0 Å². The summed E-state index contributed by atoms with van der Waals surface area (Å²) in [5, 5.41) is 3.29. The molecule has 3 heteroatoms. The lowest BCUT2D eigenvalue weighted by Gasteiger charge is -2.34. The maximum Gasteiger partial charge on any atom is 0.237 e. The van der Waals surface area contributed by atoms with Gasteiger partial charge in [-0.25, -0.2) is 0 Å². The molecule has 0 aromatic carbocycles. The summed E-state index contributed by atoms with van der Waals surface area (Å²) in [6.45, 7) is 6.01. The average molecular weight is 224 g/mol. The standard InChI is InChI=1S/C13H24N2O/c1-3-12-14-8-13(16)15(12)9-11-7-5-4-6-10(11)2/h10-12,14H,3-9H2,1-2H3. The van der Waals surface area contributed by atoms with Crippen molar-refractivity contribution >= 4 is 5.91 Å². The minimum Gasteiger partial charge on any atom is -0.326 e. The number of hydrogen-bond acceptors (Lipinski definition) is 2. The number of carbonyl (C=O) groups is 1. The Morgan fingerprint density at radius 1 is 1.38 bits per heavy atom. The summed E-state index contributed by atoms with van der Waals surface area (Å²) < 4.78 is 0. The Labute approximate surface area is 98.6 Å². The molecule has 0 aromatic heterocycles. The van der Waals surface area contributed by atoms with Crippen molar-refractivity contribution in [2.24, 2.45) is 11.8 Å². The molecule has 1 aliphatic heterocycles. The third-order valence-corrected chi connectivity index (χ3v) is 4.29. The molecule has 3 nitrogen and oxygen atoms in total. The number of rotatable bonds is 3. The highest BCUT2D eigenvalue weighted by molar-refractivity contribution is 5.80. The normalized spacial score (nSPS) is 35.8. The van der Waals surface area contributed by atoms with Gasteiger partial charge in [-0.15, -0.1) is 0 Å². The zero-order valence-corrected chi connectivity index (χ0v) is 10.5. The van der Waals surface area contributed by atoms with E-state index in [2.05, 4.69) is 24.1 Å². The molecule has 2 aliphatic rings. The molecule has 3 unspecified atom stereocenters. The van der Waals surface area contributed by atoms with Crippen molar-refractivity contribution in [1.82, 2.24) is 10.2 Å². The zero-order chi connectivity index (χ0) is 11.5. The lowest BCUT2D eigenvalue weighted by molar-refractivity contribution is -0.129. The van der Waals surface area contributed by atoms with Crippen LogP contribution in [0.25, 0.3) is 0 Å². The van der Waals surface area contributed by atoms with E-state index < -0.39 is 0 Å². The molecule has 0 radical (unpaired) electrons. The van der Waals surface area contributed by atoms with Crippen LogP contribution in [-0.2, 0) is 4.79 Å². The summed E-state index contributed by atoms with van der Waals surface area (Å²) in [6, 6.07) is 0. The van der Waals surface area contributed by atoms with Gasteiger partial charge in [0.2, 0.25) is 5.91 Å². The molecule has 0 aromatic rings. The Balaban J connectivity index is 1.94. The Morgan fingerprint density at radius 2 is 2.12 bits per heavy atom. The Kier molecular flexibility index (Phi) is 3.85. The van der Waals surface area contributed by atoms with Crippen molar-refractivity contribution in [3.05, 3.63) is 0 Å². The first-order valence-electron chi connectivity index (χ1n) is 6.75. The largest absolute Gasteiger partial charge is 0.326 e. The van der Waals surface area contributed by atoms with Crippen LogP contribution >= 0.6 is 0 Å². The smallest absolute Gasteiger partial charge is 0.237 e. The SMILES string of the molecule is CCC1NCC(=O)N1CC1CCCCC1C. The molecule has 1 heterocycles. The molecular formula is C13H24N2O. The Bertz CT molecular complexity index is 254. The van der Waals surface area contributed by atoms with Crippen molar-refractivity contribution in [3.63, 3.8) is 0 Å². The van der Waals surface area contributed by atoms with Gasteiger partial charge in [0.25, 0.3) is 0 Å². The van der Waals surface area contributed by atoms with E-state index in [1.807, 2.05) is 0 Å². The predicted molar refractivity (Wildman–Crippen MR) is 64.9 cm³/mol. The molecule has 0 spiro atoms. The lowest BCUT2D eigenvalue weighted by atomic mass is 9.80. The quantitative estimate of drug-likeness (QED) is 0.795. The maximum absolute atomic E-state index is 11.8. The summed E-state index contributed by atoms with van der Waals surface area (Å²) in [5.41, 5.74) is 0. The highest BCUT2D eigenvalue weighted by Gasteiger charge is 2.32. The molecule has 3 atom stereocenters. The highest BCUT2D eigenvalue weighted by atomic mass is 16.2. The third kappa shape index (κ3) is 2.40. The van der Waals surface area contributed by atoms with Crippen LogP contribution in [0.15, 0.2) is 0 Å². The summed E-state index contributed by atoms with van der Waals surface area (Å²) in [5.74, 6) is 1.82. The van der Waals surface area contributed by atoms with Crippen molar-refractivity contribution in [3.8, 4) is 0 Å². The first-order chi connectivity index (χ1) is 7.72. The van der Waals surface area contributed by atoms with E-state index in [0.717, 1.165) is 24.8 Å². The summed E-state index contributed by atoms with van der Waals surface area (Å²) >= 11 is 0. The molecule has 1 saturated heterocycles. The molecule has 2 fully saturated rings. The Morgan fingerprint density at radius 3 is 2.81 bits per heavy atom. The minimum absolute atomic E-state index is 0.293.